The van der Waals surface area contributed by atoms with Crippen molar-refractivity contribution in [1.29, 1.82) is 0 Å². The van der Waals surface area contributed by atoms with E-state index >= 15 is 0 Å². The molecule has 1 aliphatic carbocycles. The molecule has 1 saturated carbocycles. The lowest BCUT2D eigenvalue weighted by atomic mass is 9.80. The number of benzene rings is 2. The second-order valence-corrected chi connectivity index (χ2v) is 12.1. The molecule has 0 aliphatic heterocycles. The van der Waals surface area contributed by atoms with E-state index in [-0.39, 0.29) is 43.0 Å². The average molecular weight is 692 g/mol. The van der Waals surface area contributed by atoms with Crippen LogP contribution in [0.15, 0.2) is 40.9 Å². The third kappa shape index (κ3) is 8.85. The van der Waals surface area contributed by atoms with Crippen LogP contribution in [0.1, 0.15) is 61.3 Å². The van der Waals surface area contributed by atoms with Crippen molar-refractivity contribution >= 4 is 33.5 Å². The Labute approximate surface area is 259 Å². The summed E-state index contributed by atoms with van der Waals surface area (Å²) < 4.78 is 82.3. The van der Waals surface area contributed by atoms with Crippen LogP contribution in [-0.4, -0.2) is 44.4 Å². The van der Waals surface area contributed by atoms with Crippen LogP contribution in [0.5, 0.6) is 0 Å². The van der Waals surface area contributed by atoms with E-state index < -0.39 is 29.4 Å². The molecule has 0 saturated heterocycles. The van der Waals surface area contributed by atoms with E-state index in [1.807, 2.05) is 25.1 Å². The Morgan fingerprint density at radius 3 is 2.09 bits per heavy atom. The van der Waals surface area contributed by atoms with Crippen LogP contribution in [0.3, 0.4) is 0 Å². The molecular weight excluding hydrogens is 658 g/mol. The van der Waals surface area contributed by atoms with Gasteiger partial charge in [0.25, 0.3) is 5.95 Å². The summed E-state index contributed by atoms with van der Waals surface area (Å²) in [5.41, 5.74) is -1.38. The molecule has 1 aromatic heterocycles. The zero-order chi connectivity index (χ0) is 32.2. The molecule has 3 aromatic rings. The summed E-state index contributed by atoms with van der Waals surface area (Å²) >= 11 is 3.49. The number of carboxylic acid groups (broad SMARTS) is 1. The Bertz CT molecular complexity index is 1410. The predicted octanol–water partition coefficient (Wildman–Crippen LogP) is 7.32. The number of hydrogen-bond acceptors (Lipinski definition) is 6. The molecule has 0 atom stereocenters. The summed E-state index contributed by atoms with van der Waals surface area (Å²) in [4.78, 5) is 16.0. The minimum atomic E-state index is -4.97. The largest absolute Gasteiger partial charge is 0.481 e. The van der Waals surface area contributed by atoms with Gasteiger partial charge in [-0.1, -0.05) is 21.0 Å². The molecule has 1 heterocycles. The second-order valence-electron chi connectivity index (χ2n) is 11.1. The molecule has 8 nitrogen and oxygen atoms in total. The van der Waals surface area contributed by atoms with Crippen molar-refractivity contribution in [3.63, 3.8) is 0 Å². The maximum atomic E-state index is 13.6. The molecule has 0 bridgehead atoms. The number of aryl methyl sites for hydroxylation is 1. The molecule has 1 aliphatic rings. The Morgan fingerprint density at radius 2 is 1.57 bits per heavy atom. The highest BCUT2D eigenvalue weighted by molar-refractivity contribution is 9.10. The highest BCUT2D eigenvalue weighted by Gasteiger charge is 2.37. The fourth-order valence-electron chi connectivity index (χ4n) is 5.70. The molecule has 0 unspecified atom stereocenters. The lowest BCUT2D eigenvalue weighted by Gasteiger charge is -2.34. The van der Waals surface area contributed by atoms with Crippen LogP contribution >= 0.6 is 15.9 Å². The number of anilines is 2. The number of rotatable bonds is 11. The van der Waals surface area contributed by atoms with Gasteiger partial charge in [0.05, 0.1) is 18.2 Å². The van der Waals surface area contributed by atoms with Gasteiger partial charge in [0.1, 0.15) is 0 Å². The van der Waals surface area contributed by atoms with E-state index in [4.69, 9.17) is 5.11 Å². The highest BCUT2D eigenvalue weighted by atomic mass is 79.9. The molecule has 240 valence electrons. The number of aliphatic carboxylic acids is 1. The van der Waals surface area contributed by atoms with Crippen molar-refractivity contribution in [2.24, 2.45) is 18.9 Å². The normalized spacial score (nSPS) is 17.5. The van der Waals surface area contributed by atoms with Crippen molar-refractivity contribution in [2.75, 3.05) is 22.9 Å². The topological polar surface area (TPSA) is 87.4 Å². The van der Waals surface area contributed by atoms with E-state index in [2.05, 4.69) is 36.2 Å². The molecule has 0 radical (unpaired) electrons. The summed E-state index contributed by atoms with van der Waals surface area (Å²) in [7, 11) is 1.51. The minimum Gasteiger partial charge on any atom is -0.481 e. The predicted molar refractivity (Wildman–Crippen MR) is 155 cm³/mol. The monoisotopic (exact) mass is 690 g/mol. The van der Waals surface area contributed by atoms with Crippen LogP contribution < -0.4 is 9.80 Å². The highest BCUT2D eigenvalue weighted by Crippen LogP contribution is 2.38. The third-order valence-electron chi connectivity index (χ3n) is 7.83. The van der Waals surface area contributed by atoms with E-state index in [0.717, 1.165) is 52.7 Å². The van der Waals surface area contributed by atoms with Crippen LogP contribution in [-0.2, 0) is 37.3 Å². The Morgan fingerprint density at radius 1 is 0.955 bits per heavy atom. The van der Waals surface area contributed by atoms with Gasteiger partial charge in [-0.05, 0) is 97.2 Å². The zero-order valence-corrected chi connectivity index (χ0v) is 25.8. The van der Waals surface area contributed by atoms with Gasteiger partial charge in [-0.3, -0.25) is 4.79 Å². The number of tetrazole rings is 1. The number of hydrogen-bond donors (Lipinski definition) is 1. The minimum absolute atomic E-state index is 0.0456. The number of nitrogens with zero attached hydrogens (tertiary/aromatic N) is 6. The standard InChI is InChI=1S/C29H33BrF6N6O2/c1-3-41(15-19-6-4-18(5-7-19)12-26(43)44)25-9-8-24(30)13-21(25)17-42(27-37-39-40(2)38-27)16-20-10-22(28(31,32)33)14-23(11-20)29(34,35)36/h8-11,13-14,18-19H,3-7,12,15-17H2,1-2H3,(H,43,44). The van der Waals surface area contributed by atoms with E-state index in [1.165, 1.54) is 11.9 Å². The lowest BCUT2D eigenvalue weighted by molar-refractivity contribution is -0.143. The Kier molecular flexibility index (Phi) is 10.5. The SMILES string of the molecule is CCN(CC1CCC(CC(=O)O)CC1)c1ccc(Br)cc1CN(Cc1cc(C(F)(F)F)cc(C(F)(F)F)c1)c1nnn(C)n1. The number of carboxylic acids is 1. The van der Waals surface area contributed by atoms with Gasteiger partial charge in [0.15, 0.2) is 0 Å². The summed E-state index contributed by atoms with van der Waals surface area (Å²) in [5.74, 6) is -0.224. The van der Waals surface area contributed by atoms with Gasteiger partial charge in [0, 0.05) is 42.8 Å². The van der Waals surface area contributed by atoms with Crippen molar-refractivity contribution in [3.8, 4) is 0 Å². The van der Waals surface area contributed by atoms with Gasteiger partial charge in [0.2, 0.25) is 0 Å². The molecule has 2 aromatic carbocycles. The van der Waals surface area contributed by atoms with Crippen molar-refractivity contribution in [2.45, 2.75) is 64.5 Å². The number of carbonyl (C=O) groups is 1. The summed E-state index contributed by atoms with van der Waals surface area (Å²) in [6.07, 6.45) is -6.31. The average Bonchev–Trinajstić information content (AvgIpc) is 3.37. The van der Waals surface area contributed by atoms with Gasteiger partial charge < -0.3 is 14.9 Å². The van der Waals surface area contributed by atoms with Gasteiger partial charge in [-0.25, -0.2) is 0 Å². The quantitative estimate of drug-likeness (QED) is 0.211. The Balaban J connectivity index is 1.64. The van der Waals surface area contributed by atoms with Crippen LogP contribution in [0.2, 0.25) is 0 Å². The number of alkyl halides is 6. The first-order valence-electron chi connectivity index (χ1n) is 14.1. The van der Waals surface area contributed by atoms with E-state index in [0.29, 0.717) is 24.6 Å². The maximum absolute atomic E-state index is 13.6. The third-order valence-corrected chi connectivity index (χ3v) is 8.33. The van der Waals surface area contributed by atoms with Crippen molar-refractivity contribution in [1.82, 2.24) is 20.2 Å². The first-order chi connectivity index (χ1) is 20.6. The molecule has 1 N–H and O–H groups in total. The molecule has 44 heavy (non-hydrogen) atoms. The lowest BCUT2D eigenvalue weighted by Crippen LogP contribution is -2.33. The Hall–Kier alpha value is -3.36. The second kappa shape index (κ2) is 13.7. The summed E-state index contributed by atoms with van der Waals surface area (Å²) in [6.45, 7) is 3.10. The molecule has 15 heteroatoms. The molecule has 0 spiro atoms. The zero-order valence-electron chi connectivity index (χ0n) is 24.2. The maximum Gasteiger partial charge on any atom is 0.416 e. The van der Waals surface area contributed by atoms with E-state index in [9.17, 15) is 31.1 Å². The smallest absolute Gasteiger partial charge is 0.416 e. The summed E-state index contributed by atoms with van der Waals surface area (Å²) in [5, 5.41) is 21.2. The van der Waals surface area contributed by atoms with Gasteiger partial charge in [-0.15, -0.1) is 5.10 Å². The first-order valence-corrected chi connectivity index (χ1v) is 14.9. The molecule has 0 amide bonds. The fraction of sp³-hybridized carbons (Fsp3) is 0.517. The molecule has 1 fully saturated rings. The van der Waals surface area contributed by atoms with Crippen LogP contribution in [0, 0.1) is 11.8 Å². The molecule has 4 rings (SSSR count). The summed E-state index contributed by atoms with van der Waals surface area (Å²) in [6, 6.07) is 7.18. The number of halogens is 7. The van der Waals surface area contributed by atoms with Crippen molar-refractivity contribution in [3.05, 3.63) is 63.1 Å². The van der Waals surface area contributed by atoms with Gasteiger partial charge >= 0.3 is 18.3 Å². The van der Waals surface area contributed by atoms with Crippen molar-refractivity contribution < 1.29 is 36.2 Å². The van der Waals surface area contributed by atoms with E-state index in [1.54, 1.807) is 0 Å². The first kappa shape index (κ1) is 33.5. The van der Waals surface area contributed by atoms with Gasteiger partial charge in [-0.2, -0.15) is 31.1 Å². The number of aromatic nitrogens is 4. The van der Waals surface area contributed by atoms with Crippen LogP contribution in [0.4, 0.5) is 38.0 Å². The van der Waals surface area contributed by atoms with Crippen LogP contribution in [0.25, 0.3) is 0 Å². The fourth-order valence-corrected chi connectivity index (χ4v) is 6.11. The molecular formula is C29H33BrF6N6O2.